The topological polar surface area (TPSA) is 92.5 Å². The molecule has 9 nitrogen and oxygen atoms in total. The van der Waals surface area contributed by atoms with Crippen molar-refractivity contribution in [2.24, 2.45) is 7.05 Å². The van der Waals surface area contributed by atoms with Crippen molar-refractivity contribution in [3.8, 4) is 11.4 Å². The average Bonchev–Trinajstić information content (AvgIpc) is 3.35. The lowest BCUT2D eigenvalue weighted by molar-refractivity contribution is 0.0969. The van der Waals surface area contributed by atoms with E-state index in [1.807, 2.05) is 35.8 Å². The van der Waals surface area contributed by atoms with Crippen LogP contribution >= 0.6 is 0 Å². The van der Waals surface area contributed by atoms with Gasteiger partial charge in [0.05, 0.1) is 19.3 Å². The number of aryl methyl sites for hydroxylation is 2. The molecule has 0 fully saturated rings. The number of rotatable bonds is 5. The van der Waals surface area contributed by atoms with Crippen LogP contribution in [0.3, 0.4) is 0 Å². The zero-order valence-corrected chi connectivity index (χ0v) is 18.3. The van der Waals surface area contributed by atoms with E-state index in [4.69, 9.17) is 4.74 Å². The molecule has 0 spiro atoms. The predicted molar refractivity (Wildman–Crippen MR) is 124 cm³/mol. The van der Waals surface area contributed by atoms with Crippen molar-refractivity contribution >= 4 is 22.7 Å². The fraction of sp³-hybridized carbons (Fsp3) is 0.167. The van der Waals surface area contributed by atoms with Crippen LogP contribution in [0.15, 0.2) is 70.4 Å². The number of ether oxygens (including phenoxy) is 1. The van der Waals surface area contributed by atoms with Gasteiger partial charge in [0.15, 0.2) is 16.9 Å². The Morgan fingerprint density at radius 3 is 2.45 bits per heavy atom. The van der Waals surface area contributed by atoms with Crippen LogP contribution in [0.1, 0.15) is 16.1 Å². The number of nitrogens with zero attached hydrogens (tertiary/aromatic N) is 5. The smallest absolute Gasteiger partial charge is 0.332 e. The Labute approximate surface area is 187 Å². The van der Waals surface area contributed by atoms with Gasteiger partial charge >= 0.3 is 5.69 Å². The molecular formula is C24H21N5O4. The number of benzene rings is 2. The second-order valence-electron chi connectivity index (χ2n) is 7.75. The molecule has 9 heteroatoms. The van der Waals surface area contributed by atoms with Crippen LogP contribution < -0.4 is 16.0 Å². The summed E-state index contributed by atoms with van der Waals surface area (Å²) in [6.45, 7) is 1.54. The number of ketones is 1. The van der Waals surface area contributed by atoms with Gasteiger partial charge < -0.3 is 4.74 Å². The van der Waals surface area contributed by atoms with Gasteiger partial charge in [0, 0.05) is 24.5 Å². The van der Waals surface area contributed by atoms with Crippen molar-refractivity contribution in [2.45, 2.75) is 13.5 Å². The van der Waals surface area contributed by atoms with Crippen molar-refractivity contribution in [1.29, 1.82) is 0 Å². The van der Waals surface area contributed by atoms with E-state index in [2.05, 4.69) is 4.98 Å². The largest absolute Gasteiger partial charge is 0.495 e. The van der Waals surface area contributed by atoms with Gasteiger partial charge in [-0.1, -0.05) is 42.5 Å². The van der Waals surface area contributed by atoms with Gasteiger partial charge in [-0.05, 0) is 19.1 Å². The van der Waals surface area contributed by atoms with E-state index < -0.39 is 11.2 Å². The molecule has 0 aliphatic carbocycles. The first-order valence-corrected chi connectivity index (χ1v) is 10.3. The molecule has 0 atom stereocenters. The minimum Gasteiger partial charge on any atom is -0.495 e. The number of methoxy groups -OCH3 is 1. The summed E-state index contributed by atoms with van der Waals surface area (Å²) in [4.78, 5) is 43.8. The third kappa shape index (κ3) is 3.08. The lowest BCUT2D eigenvalue weighted by atomic mass is 10.1. The van der Waals surface area contributed by atoms with E-state index >= 15 is 0 Å². The molecule has 5 rings (SSSR count). The third-order valence-corrected chi connectivity index (χ3v) is 5.75. The molecule has 0 amide bonds. The number of hydrogen-bond donors (Lipinski definition) is 0. The number of hydrogen-bond acceptors (Lipinski definition) is 5. The molecule has 166 valence electrons. The van der Waals surface area contributed by atoms with E-state index in [1.165, 1.54) is 4.57 Å². The number of Topliss-reactive ketones (excluding diaryl/α,β-unsaturated/α-hetero) is 1. The number of aromatic nitrogens is 5. The Morgan fingerprint density at radius 2 is 1.73 bits per heavy atom. The predicted octanol–water partition coefficient (Wildman–Crippen LogP) is 2.34. The summed E-state index contributed by atoms with van der Waals surface area (Å²) in [6, 6.07) is 16.1. The maximum Gasteiger partial charge on any atom is 0.332 e. The number of para-hydroxylation sites is 2. The van der Waals surface area contributed by atoms with Crippen LogP contribution in [-0.2, 0) is 13.6 Å². The van der Waals surface area contributed by atoms with E-state index in [0.29, 0.717) is 17.1 Å². The first-order valence-electron chi connectivity index (χ1n) is 10.3. The second-order valence-corrected chi connectivity index (χ2v) is 7.75. The second kappa shape index (κ2) is 7.63. The standard InChI is InChI=1S/C24H21N5O4/c1-15-13-27-20-21(25-23(27)29(15)17-11-7-8-12-19(17)33-3)26(2)24(32)28(22(20)31)14-18(30)16-9-5-4-6-10-16/h4-13H,14H2,1-3H3. The third-order valence-electron chi connectivity index (χ3n) is 5.75. The van der Waals surface area contributed by atoms with Gasteiger partial charge in [0.25, 0.3) is 5.56 Å². The molecule has 0 bridgehead atoms. The van der Waals surface area contributed by atoms with Crippen molar-refractivity contribution in [1.82, 2.24) is 23.1 Å². The Kier molecular flexibility index (Phi) is 4.74. The Bertz CT molecular complexity index is 1650. The highest BCUT2D eigenvalue weighted by atomic mass is 16.5. The molecule has 0 saturated carbocycles. The molecule has 0 N–H and O–H groups in total. The summed E-state index contributed by atoms with van der Waals surface area (Å²) in [5, 5.41) is 0. The van der Waals surface area contributed by atoms with Gasteiger partial charge in [0.2, 0.25) is 5.78 Å². The van der Waals surface area contributed by atoms with Gasteiger partial charge in [-0.15, -0.1) is 0 Å². The van der Waals surface area contributed by atoms with Crippen LogP contribution in [0.25, 0.3) is 22.6 Å². The van der Waals surface area contributed by atoms with Gasteiger partial charge in [-0.2, -0.15) is 4.98 Å². The van der Waals surface area contributed by atoms with E-state index in [1.54, 1.807) is 55.1 Å². The first kappa shape index (κ1) is 20.5. The number of fused-ring (bicyclic) bond motifs is 3. The SMILES string of the molecule is COc1ccccc1-n1c(C)cn2c3c(=O)n(CC(=O)c4ccccc4)c(=O)n(C)c3nc12. The Morgan fingerprint density at radius 1 is 1.03 bits per heavy atom. The molecule has 0 radical (unpaired) electrons. The van der Waals surface area contributed by atoms with Gasteiger partial charge in [0.1, 0.15) is 5.75 Å². The number of carbonyl (C=O) groups is 1. The fourth-order valence-corrected chi connectivity index (χ4v) is 4.12. The maximum absolute atomic E-state index is 13.4. The number of imidazole rings is 2. The quantitative estimate of drug-likeness (QED) is 0.389. The van der Waals surface area contributed by atoms with E-state index in [-0.39, 0.29) is 23.5 Å². The summed E-state index contributed by atoms with van der Waals surface area (Å²) in [7, 11) is 3.13. The van der Waals surface area contributed by atoms with Crippen LogP contribution in [-0.4, -0.2) is 36.0 Å². The first-order chi connectivity index (χ1) is 15.9. The van der Waals surface area contributed by atoms with Gasteiger partial charge in [-0.3, -0.25) is 27.7 Å². The van der Waals surface area contributed by atoms with Crippen LogP contribution in [0, 0.1) is 6.92 Å². The highest BCUT2D eigenvalue weighted by molar-refractivity contribution is 5.96. The molecule has 2 aromatic carbocycles. The molecule has 3 aromatic heterocycles. The molecule has 0 aliphatic heterocycles. The Balaban J connectivity index is 1.76. The maximum atomic E-state index is 13.4. The van der Waals surface area contributed by atoms with Gasteiger partial charge in [-0.25, -0.2) is 4.79 Å². The average molecular weight is 443 g/mol. The van der Waals surface area contributed by atoms with Crippen LogP contribution in [0.5, 0.6) is 5.75 Å². The zero-order chi connectivity index (χ0) is 23.3. The lowest BCUT2D eigenvalue weighted by Crippen LogP contribution is -2.41. The highest BCUT2D eigenvalue weighted by Crippen LogP contribution is 2.27. The molecular weight excluding hydrogens is 422 g/mol. The number of carbonyl (C=O) groups excluding carboxylic acids is 1. The molecule has 3 heterocycles. The van der Waals surface area contributed by atoms with E-state index in [9.17, 15) is 14.4 Å². The fourth-order valence-electron chi connectivity index (χ4n) is 4.12. The summed E-state index contributed by atoms with van der Waals surface area (Å²) >= 11 is 0. The van der Waals surface area contributed by atoms with Crippen molar-refractivity contribution in [3.63, 3.8) is 0 Å². The normalized spacial score (nSPS) is 11.4. The summed E-state index contributed by atoms with van der Waals surface area (Å²) < 4.78 is 11.3. The van der Waals surface area contributed by atoms with Crippen molar-refractivity contribution in [3.05, 3.63) is 92.9 Å². The Hall–Kier alpha value is -4.40. The monoisotopic (exact) mass is 443 g/mol. The van der Waals surface area contributed by atoms with E-state index in [0.717, 1.165) is 15.9 Å². The molecule has 0 saturated heterocycles. The van der Waals surface area contributed by atoms with Crippen molar-refractivity contribution < 1.29 is 9.53 Å². The summed E-state index contributed by atoms with van der Waals surface area (Å²) in [6.07, 6.45) is 1.78. The minimum atomic E-state index is -0.599. The highest BCUT2D eigenvalue weighted by Gasteiger charge is 2.22. The molecule has 0 unspecified atom stereocenters. The summed E-state index contributed by atoms with van der Waals surface area (Å²) in [5.41, 5.74) is 1.32. The molecule has 5 aromatic rings. The summed E-state index contributed by atoms with van der Waals surface area (Å²) in [5.74, 6) is 0.787. The molecule has 33 heavy (non-hydrogen) atoms. The molecule has 0 aliphatic rings. The van der Waals surface area contributed by atoms with Crippen LogP contribution in [0.2, 0.25) is 0 Å². The van der Waals surface area contributed by atoms with Crippen LogP contribution in [0.4, 0.5) is 0 Å². The van der Waals surface area contributed by atoms with Crippen molar-refractivity contribution in [2.75, 3.05) is 7.11 Å². The minimum absolute atomic E-state index is 0.227. The zero-order valence-electron chi connectivity index (χ0n) is 18.3. The lowest BCUT2D eigenvalue weighted by Gasteiger charge is -2.10.